The zero-order valence-electron chi connectivity index (χ0n) is 17.4. The summed E-state index contributed by atoms with van der Waals surface area (Å²) >= 11 is 0. The molecule has 172 valence electrons. The number of methoxy groups -OCH3 is 1. The van der Waals surface area contributed by atoms with Gasteiger partial charge in [-0.3, -0.25) is 19.5 Å². The highest BCUT2D eigenvalue weighted by atomic mass is 19.4. The lowest BCUT2D eigenvalue weighted by atomic mass is 10.0. The van der Waals surface area contributed by atoms with E-state index in [-0.39, 0.29) is 17.0 Å². The van der Waals surface area contributed by atoms with Crippen LogP contribution < -0.4 is 15.8 Å². The van der Waals surface area contributed by atoms with Gasteiger partial charge in [-0.25, -0.2) is 0 Å². The molecule has 2 amide bonds. The highest BCUT2D eigenvalue weighted by Crippen LogP contribution is 2.32. The maximum Gasteiger partial charge on any atom is 0.416 e. The number of pyridine rings is 1. The van der Waals surface area contributed by atoms with E-state index in [1.165, 1.54) is 7.11 Å². The van der Waals surface area contributed by atoms with Crippen LogP contribution in [0.1, 0.15) is 32.0 Å². The third kappa shape index (κ3) is 5.74. The molecule has 8 nitrogen and oxygen atoms in total. The first-order valence-corrected chi connectivity index (χ1v) is 9.84. The third-order valence-electron chi connectivity index (χ3n) is 5.03. The number of amides is 2. The van der Waals surface area contributed by atoms with E-state index in [0.717, 1.165) is 37.5 Å². The molecule has 1 aliphatic heterocycles. The number of halogens is 3. The molecule has 0 unspecified atom stereocenters. The Morgan fingerprint density at radius 2 is 1.97 bits per heavy atom. The molecule has 3 rings (SSSR count). The van der Waals surface area contributed by atoms with Crippen molar-refractivity contribution in [3.63, 3.8) is 0 Å². The second-order valence-electron chi connectivity index (χ2n) is 7.17. The van der Waals surface area contributed by atoms with Gasteiger partial charge in [-0.05, 0) is 36.2 Å². The van der Waals surface area contributed by atoms with E-state index in [2.05, 4.69) is 15.2 Å². The summed E-state index contributed by atoms with van der Waals surface area (Å²) in [4.78, 5) is 30.6. The van der Waals surface area contributed by atoms with Crippen LogP contribution in [-0.2, 0) is 17.3 Å². The van der Waals surface area contributed by atoms with Crippen molar-refractivity contribution in [3.05, 3.63) is 52.8 Å². The molecule has 11 heteroatoms. The second-order valence-corrected chi connectivity index (χ2v) is 7.17. The Morgan fingerprint density at radius 1 is 1.25 bits per heavy atom. The molecule has 1 aliphatic rings. The van der Waals surface area contributed by atoms with Crippen LogP contribution >= 0.6 is 0 Å². The molecule has 0 radical (unpaired) electrons. The molecule has 0 aliphatic carbocycles. The standard InChI is InChI=1S/C21H23F3N4O4/c1-31-17-11-13(3-5-28-6-8-32-9-7-28)10-15(19(25)29)18(17)27-20(30)16-12-14(2-4-26-16)21(22,23)24/h2,4,10-12H,3,5-9H2,1H3,(H2,25,29)(H,27,30). The minimum absolute atomic E-state index is 0.0124. The number of morpholine rings is 1. The average Bonchev–Trinajstić information content (AvgIpc) is 2.78. The zero-order valence-corrected chi connectivity index (χ0v) is 17.4. The summed E-state index contributed by atoms with van der Waals surface area (Å²) in [7, 11) is 1.35. The summed E-state index contributed by atoms with van der Waals surface area (Å²) in [6, 6.07) is 4.58. The van der Waals surface area contributed by atoms with Crippen LogP contribution in [0.15, 0.2) is 30.5 Å². The number of rotatable bonds is 7. The lowest BCUT2D eigenvalue weighted by Gasteiger charge is -2.26. The SMILES string of the molecule is COc1cc(CCN2CCOCC2)cc(C(N)=O)c1NC(=O)c1cc(C(F)(F)F)ccn1. The van der Waals surface area contributed by atoms with Crippen LogP contribution in [-0.4, -0.2) is 61.7 Å². The molecular weight excluding hydrogens is 429 g/mol. The third-order valence-corrected chi connectivity index (χ3v) is 5.03. The van der Waals surface area contributed by atoms with Crippen LogP contribution in [0.2, 0.25) is 0 Å². The minimum Gasteiger partial charge on any atom is -0.495 e. The Hall–Kier alpha value is -3.18. The van der Waals surface area contributed by atoms with Crippen molar-refractivity contribution in [2.45, 2.75) is 12.6 Å². The molecule has 1 aromatic carbocycles. The van der Waals surface area contributed by atoms with Crippen LogP contribution in [0.4, 0.5) is 18.9 Å². The van der Waals surface area contributed by atoms with E-state index < -0.39 is 29.2 Å². The van der Waals surface area contributed by atoms with Crippen LogP contribution in [0.5, 0.6) is 5.75 Å². The van der Waals surface area contributed by atoms with Gasteiger partial charge >= 0.3 is 6.18 Å². The fourth-order valence-electron chi connectivity index (χ4n) is 3.32. The minimum atomic E-state index is -4.63. The van der Waals surface area contributed by atoms with Crippen molar-refractivity contribution in [2.75, 3.05) is 45.3 Å². The second kappa shape index (κ2) is 9.96. The largest absolute Gasteiger partial charge is 0.495 e. The Morgan fingerprint density at radius 3 is 2.59 bits per heavy atom. The summed E-state index contributed by atoms with van der Waals surface area (Å²) in [5.74, 6) is -1.58. The maximum atomic E-state index is 12.9. The van der Waals surface area contributed by atoms with E-state index in [1.54, 1.807) is 12.1 Å². The molecule has 3 N–H and O–H groups in total. The Bertz CT molecular complexity index is 991. The highest BCUT2D eigenvalue weighted by Gasteiger charge is 2.31. The normalized spacial score (nSPS) is 14.8. The number of aromatic nitrogens is 1. The Balaban J connectivity index is 1.85. The number of carbonyl (C=O) groups is 2. The molecule has 0 saturated carbocycles. The molecule has 2 aromatic rings. The molecule has 0 spiro atoms. The maximum absolute atomic E-state index is 12.9. The molecule has 0 bridgehead atoms. The van der Waals surface area contributed by atoms with Crippen molar-refractivity contribution in [1.82, 2.24) is 9.88 Å². The number of anilines is 1. The topological polar surface area (TPSA) is 107 Å². The van der Waals surface area contributed by atoms with Crippen molar-refractivity contribution >= 4 is 17.5 Å². The van der Waals surface area contributed by atoms with Crippen LogP contribution in [0.25, 0.3) is 0 Å². The van der Waals surface area contributed by atoms with Crippen molar-refractivity contribution in [3.8, 4) is 5.75 Å². The summed E-state index contributed by atoms with van der Waals surface area (Å²) in [5, 5.41) is 2.42. The smallest absolute Gasteiger partial charge is 0.416 e. The molecule has 1 aromatic heterocycles. The number of ether oxygens (including phenoxy) is 2. The zero-order chi connectivity index (χ0) is 23.3. The fourth-order valence-corrected chi connectivity index (χ4v) is 3.32. The fraction of sp³-hybridized carbons (Fsp3) is 0.381. The molecule has 0 atom stereocenters. The first kappa shape index (κ1) is 23.5. The predicted molar refractivity (Wildman–Crippen MR) is 110 cm³/mol. The summed E-state index contributed by atoms with van der Waals surface area (Å²) < 4.78 is 49.5. The highest BCUT2D eigenvalue weighted by molar-refractivity contribution is 6.09. The lowest BCUT2D eigenvalue weighted by molar-refractivity contribution is -0.137. The Kier molecular flexibility index (Phi) is 7.31. The van der Waals surface area contributed by atoms with E-state index >= 15 is 0 Å². The number of nitrogens with zero attached hydrogens (tertiary/aromatic N) is 2. The number of hydrogen-bond donors (Lipinski definition) is 2. The van der Waals surface area contributed by atoms with E-state index in [0.29, 0.717) is 25.7 Å². The van der Waals surface area contributed by atoms with Gasteiger partial charge in [-0.1, -0.05) is 0 Å². The van der Waals surface area contributed by atoms with Crippen LogP contribution in [0.3, 0.4) is 0 Å². The van der Waals surface area contributed by atoms with Gasteiger partial charge in [0.2, 0.25) is 0 Å². The van der Waals surface area contributed by atoms with Gasteiger partial charge < -0.3 is 20.5 Å². The quantitative estimate of drug-likeness (QED) is 0.668. The van der Waals surface area contributed by atoms with Crippen molar-refractivity contribution in [1.29, 1.82) is 0 Å². The molecular formula is C21H23F3N4O4. The monoisotopic (exact) mass is 452 g/mol. The van der Waals surface area contributed by atoms with Gasteiger partial charge in [-0.15, -0.1) is 0 Å². The lowest BCUT2D eigenvalue weighted by Crippen LogP contribution is -2.37. The molecule has 1 fully saturated rings. The van der Waals surface area contributed by atoms with Crippen molar-refractivity contribution < 1.29 is 32.2 Å². The number of nitrogens with two attached hydrogens (primary N) is 1. The predicted octanol–water partition coefficient (Wildman–Crippen LogP) is 2.33. The number of hydrogen-bond acceptors (Lipinski definition) is 6. The average molecular weight is 452 g/mol. The Labute approximate surface area is 182 Å². The van der Waals surface area contributed by atoms with Crippen molar-refractivity contribution in [2.24, 2.45) is 5.73 Å². The van der Waals surface area contributed by atoms with Gasteiger partial charge in [0.05, 0.1) is 37.1 Å². The van der Waals surface area contributed by atoms with E-state index in [1.807, 2.05) is 0 Å². The molecule has 2 heterocycles. The first-order chi connectivity index (χ1) is 15.2. The number of carbonyl (C=O) groups excluding carboxylic acids is 2. The van der Waals surface area contributed by atoms with Gasteiger partial charge in [0.1, 0.15) is 11.4 Å². The van der Waals surface area contributed by atoms with Gasteiger partial charge in [0, 0.05) is 25.8 Å². The number of nitrogens with one attached hydrogen (secondary N) is 1. The van der Waals surface area contributed by atoms with E-state index in [9.17, 15) is 22.8 Å². The molecule has 32 heavy (non-hydrogen) atoms. The van der Waals surface area contributed by atoms with Crippen LogP contribution in [0, 0.1) is 0 Å². The first-order valence-electron chi connectivity index (χ1n) is 9.84. The number of primary amides is 1. The summed E-state index contributed by atoms with van der Waals surface area (Å²) in [5.41, 5.74) is 4.75. The number of alkyl halides is 3. The van der Waals surface area contributed by atoms with Gasteiger partial charge in [0.15, 0.2) is 0 Å². The summed E-state index contributed by atoms with van der Waals surface area (Å²) in [6.07, 6.45) is -3.14. The molecule has 1 saturated heterocycles. The van der Waals surface area contributed by atoms with Gasteiger partial charge in [0.25, 0.3) is 11.8 Å². The van der Waals surface area contributed by atoms with Gasteiger partial charge in [-0.2, -0.15) is 13.2 Å². The summed E-state index contributed by atoms with van der Waals surface area (Å²) in [6.45, 7) is 3.65. The van der Waals surface area contributed by atoms with E-state index in [4.69, 9.17) is 15.2 Å². The number of benzene rings is 1.